The molecule has 1 spiro atoms. The van der Waals surface area contributed by atoms with Gasteiger partial charge >= 0.3 is 0 Å². The highest BCUT2D eigenvalue weighted by molar-refractivity contribution is 5.21. The van der Waals surface area contributed by atoms with Crippen molar-refractivity contribution < 1.29 is 9.13 Å². The third-order valence-electron chi connectivity index (χ3n) is 5.29. The number of hydrogen-bond donors (Lipinski definition) is 1. The van der Waals surface area contributed by atoms with Crippen molar-refractivity contribution in [2.75, 3.05) is 6.54 Å². The topological polar surface area (TPSA) is 21.3 Å². The second-order valence-corrected chi connectivity index (χ2v) is 7.61. The van der Waals surface area contributed by atoms with Gasteiger partial charge in [0.15, 0.2) is 0 Å². The Bertz CT molecular complexity index is 486. The molecule has 2 unspecified atom stereocenters. The molecular weight excluding hydrogens is 265 g/mol. The maximum absolute atomic E-state index is 13.1. The van der Waals surface area contributed by atoms with E-state index in [2.05, 4.69) is 26.1 Å². The lowest BCUT2D eigenvalue weighted by Gasteiger charge is -2.50. The van der Waals surface area contributed by atoms with Crippen molar-refractivity contribution in [1.29, 1.82) is 0 Å². The first-order valence-electron chi connectivity index (χ1n) is 8.06. The molecule has 2 atom stereocenters. The van der Waals surface area contributed by atoms with Crippen LogP contribution < -0.4 is 5.32 Å². The van der Waals surface area contributed by atoms with Crippen LogP contribution in [0.25, 0.3) is 0 Å². The van der Waals surface area contributed by atoms with Crippen LogP contribution in [0.2, 0.25) is 0 Å². The Labute approximate surface area is 127 Å². The van der Waals surface area contributed by atoms with Crippen LogP contribution in [0, 0.1) is 11.2 Å². The van der Waals surface area contributed by atoms with Gasteiger partial charge in [-0.2, -0.15) is 0 Å². The third-order valence-corrected chi connectivity index (χ3v) is 5.29. The summed E-state index contributed by atoms with van der Waals surface area (Å²) in [6, 6.07) is 7.01. The number of hydrogen-bond acceptors (Lipinski definition) is 2. The number of halogens is 1. The average molecular weight is 291 g/mol. The van der Waals surface area contributed by atoms with E-state index in [0.29, 0.717) is 5.41 Å². The molecule has 3 rings (SSSR count). The lowest BCUT2D eigenvalue weighted by atomic mass is 9.70. The Kier molecular flexibility index (Phi) is 3.83. The number of benzene rings is 1. The molecule has 1 aromatic rings. The monoisotopic (exact) mass is 291 g/mol. The first-order chi connectivity index (χ1) is 9.89. The van der Waals surface area contributed by atoms with Gasteiger partial charge in [0.25, 0.3) is 0 Å². The molecule has 21 heavy (non-hydrogen) atoms. The van der Waals surface area contributed by atoms with Crippen LogP contribution in [0.4, 0.5) is 4.39 Å². The second-order valence-electron chi connectivity index (χ2n) is 7.61. The van der Waals surface area contributed by atoms with Crippen LogP contribution >= 0.6 is 0 Å². The molecule has 0 radical (unpaired) electrons. The van der Waals surface area contributed by atoms with Crippen LogP contribution in [0.15, 0.2) is 24.3 Å². The maximum atomic E-state index is 13.1. The number of nitrogens with one attached hydrogen (secondary N) is 1. The predicted molar refractivity (Wildman–Crippen MR) is 82.7 cm³/mol. The molecule has 1 aliphatic carbocycles. The summed E-state index contributed by atoms with van der Waals surface area (Å²) in [4.78, 5) is 0. The normalized spacial score (nSPS) is 31.2. The van der Waals surface area contributed by atoms with Crippen molar-refractivity contribution in [3.63, 3.8) is 0 Å². The van der Waals surface area contributed by atoms with Crippen LogP contribution in [0.5, 0.6) is 0 Å². The van der Waals surface area contributed by atoms with Gasteiger partial charge in [0.05, 0.1) is 11.7 Å². The Morgan fingerprint density at radius 1 is 1.10 bits per heavy atom. The molecule has 1 N–H and O–H groups in total. The minimum absolute atomic E-state index is 0.0144. The molecule has 1 aromatic carbocycles. The largest absolute Gasteiger partial charge is 0.364 e. The van der Waals surface area contributed by atoms with E-state index in [1.165, 1.54) is 25.0 Å². The Hall–Kier alpha value is -0.930. The van der Waals surface area contributed by atoms with Gasteiger partial charge in [0, 0.05) is 12.6 Å². The fraction of sp³-hybridized carbons (Fsp3) is 0.667. The molecular formula is C18H26FNO. The molecule has 1 saturated heterocycles. The molecule has 0 aromatic heterocycles. The molecule has 2 nitrogen and oxygen atoms in total. The van der Waals surface area contributed by atoms with E-state index in [9.17, 15) is 4.39 Å². The van der Waals surface area contributed by atoms with E-state index in [4.69, 9.17) is 4.74 Å². The van der Waals surface area contributed by atoms with Gasteiger partial charge in [0.1, 0.15) is 5.82 Å². The molecule has 116 valence electrons. The quantitative estimate of drug-likeness (QED) is 0.836. The number of morpholine rings is 1. The smallest absolute Gasteiger partial charge is 0.123 e. The van der Waals surface area contributed by atoms with Gasteiger partial charge in [-0.25, -0.2) is 4.39 Å². The van der Waals surface area contributed by atoms with Crippen molar-refractivity contribution in [1.82, 2.24) is 5.32 Å². The lowest BCUT2D eigenvalue weighted by Crippen LogP contribution is -2.56. The summed E-state index contributed by atoms with van der Waals surface area (Å²) in [7, 11) is 0. The van der Waals surface area contributed by atoms with Gasteiger partial charge in [-0.1, -0.05) is 26.0 Å². The maximum Gasteiger partial charge on any atom is 0.123 e. The van der Waals surface area contributed by atoms with E-state index < -0.39 is 0 Å². The lowest BCUT2D eigenvalue weighted by molar-refractivity contribution is -0.161. The minimum atomic E-state index is -0.190. The highest BCUT2D eigenvalue weighted by atomic mass is 19.1. The molecule has 2 fully saturated rings. The molecule has 1 heterocycles. The number of rotatable bonds is 1. The zero-order valence-electron chi connectivity index (χ0n) is 13.3. The van der Waals surface area contributed by atoms with Crippen molar-refractivity contribution in [2.24, 2.45) is 5.41 Å². The summed E-state index contributed by atoms with van der Waals surface area (Å²) in [6.45, 7) is 7.77. The Morgan fingerprint density at radius 2 is 1.71 bits per heavy atom. The van der Waals surface area contributed by atoms with Crippen LogP contribution in [-0.4, -0.2) is 18.2 Å². The highest BCUT2D eigenvalue weighted by Gasteiger charge is 2.44. The van der Waals surface area contributed by atoms with Gasteiger partial charge in [0.2, 0.25) is 0 Å². The van der Waals surface area contributed by atoms with Gasteiger partial charge in [-0.05, 0) is 55.7 Å². The Morgan fingerprint density at radius 3 is 2.33 bits per heavy atom. The van der Waals surface area contributed by atoms with Crippen molar-refractivity contribution in [3.8, 4) is 0 Å². The van der Waals surface area contributed by atoms with Crippen molar-refractivity contribution >= 4 is 0 Å². The molecule has 1 aliphatic heterocycles. The second kappa shape index (κ2) is 5.36. The zero-order chi connectivity index (χ0) is 15.1. The predicted octanol–water partition coefficient (Wildman–Crippen LogP) is 4.21. The molecule has 0 bridgehead atoms. The highest BCUT2D eigenvalue weighted by Crippen LogP contribution is 2.45. The fourth-order valence-electron chi connectivity index (χ4n) is 3.55. The fourth-order valence-corrected chi connectivity index (χ4v) is 3.55. The van der Waals surface area contributed by atoms with E-state index in [1.807, 2.05) is 12.1 Å². The Balaban J connectivity index is 1.77. The molecule has 3 heteroatoms. The summed E-state index contributed by atoms with van der Waals surface area (Å²) >= 11 is 0. The molecule has 2 aliphatic rings. The van der Waals surface area contributed by atoms with Crippen LogP contribution in [0.1, 0.15) is 58.1 Å². The first kappa shape index (κ1) is 15.0. The van der Waals surface area contributed by atoms with Crippen LogP contribution in [0.3, 0.4) is 0 Å². The van der Waals surface area contributed by atoms with E-state index >= 15 is 0 Å². The summed E-state index contributed by atoms with van der Waals surface area (Å²) in [5.74, 6) is -0.190. The van der Waals surface area contributed by atoms with E-state index in [-0.39, 0.29) is 23.6 Å². The van der Waals surface area contributed by atoms with Crippen LogP contribution in [-0.2, 0) is 4.74 Å². The number of ether oxygens (including phenoxy) is 1. The first-order valence-corrected chi connectivity index (χ1v) is 8.06. The van der Waals surface area contributed by atoms with Crippen molar-refractivity contribution in [3.05, 3.63) is 35.6 Å². The third kappa shape index (κ3) is 3.14. The summed E-state index contributed by atoms with van der Waals surface area (Å²) in [5.41, 5.74) is 1.46. The minimum Gasteiger partial charge on any atom is -0.364 e. The average Bonchev–Trinajstić information content (AvgIpc) is 2.46. The van der Waals surface area contributed by atoms with E-state index in [1.54, 1.807) is 0 Å². The summed E-state index contributed by atoms with van der Waals surface area (Å²) in [6.07, 6.45) is 4.65. The zero-order valence-corrected chi connectivity index (χ0v) is 13.3. The van der Waals surface area contributed by atoms with Gasteiger partial charge in [-0.15, -0.1) is 0 Å². The molecule has 0 amide bonds. The SMILES string of the molecule is CC1NCC2(CCC(C)(C)CC2)OC1c1ccc(F)cc1. The summed E-state index contributed by atoms with van der Waals surface area (Å²) < 4.78 is 19.7. The summed E-state index contributed by atoms with van der Waals surface area (Å²) in [5, 5.41) is 3.61. The van der Waals surface area contributed by atoms with Gasteiger partial charge < -0.3 is 10.1 Å². The molecule has 1 saturated carbocycles. The van der Waals surface area contributed by atoms with Crippen molar-refractivity contribution in [2.45, 2.75) is 64.2 Å². The van der Waals surface area contributed by atoms with Gasteiger partial charge in [-0.3, -0.25) is 0 Å². The van der Waals surface area contributed by atoms with E-state index in [0.717, 1.165) is 24.9 Å². The standard InChI is InChI=1S/C18H26FNO/c1-13-16(14-4-6-15(19)7-5-14)21-18(12-20-13)10-8-17(2,3)9-11-18/h4-7,13,16,20H,8-12H2,1-3H3.